The number of rotatable bonds is 4. The third kappa shape index (κ3) is 3.85. The largest absolute Gasteiger partial charge is 0.455 e. The number of sulfone groups is 1. The fourth-order valence-corrected chi connectivity index (χ4v) is 3.44. The maximum atomic E-state index is 12.4. The number of likely N-dealkylation sites (tertiary alicyclic amines) is 1. The summed E-state index contributed by atoms with van der Waals surface area (Å²) in [5.41, 5.74) is 0. The molecule has 0 aromatic carbocycles. The summed E-state index contributed by atoms with van der Waals surface area (Å²) in [5, 5.41) is 0. The highest BCUT2D eigenvalue weighted by Gasteiger charge is 2.34. The Balaban J connectivity index is 2.08. The third-order valence-electron chi connectivity index (χ3n) is 3.80. The van der Waals surface area contributed by atoms with Gasteiger partial charge in [-0.15, -0.1) is 0 Å². The van der Waals surface area contributed by atoms with Crippen LogP contribution in [0.4, 0.5) is 0 Å². The Labute approximate surface area is 125 Å². The predicted octanol–water partition coefficient (Wildman–Crippen LogP) is 0.846. The third-order valence-corrected chi connectivity index (χ3v) is 4.61. The van der Waals surface area contributed by atoms with E-state index in [9.17, 15) is 13.2 Å². The van der Waals surface area contributed by atoms with Crippen LogP contribution >= 0.6 is 0 Å². The van der Waals surface area contributed by atoms with Gasteiger partial charge in [-0.1, -0.05) is 6.92 Å². The molecule has 1 aliphatic rings. The van der Waals surface area contributed by atoms with Gasteiger partial charge in [0.2, 0.25) is 0 Å². The molecule has 7 heteroatoms. The molecule has 0 N–H and O–H groups in total. The van der Waals surface area contributed by atoms with E-state index < -0.39 is 9.84 Å². The number of carbonyl (C=O) groups excluding carboxylic acids is 1. The molecule has 1 aromatic rings. The van der Waals surface area contributed by atoms with E-state index in [4.69, 9.17) is 4.42 Å². The van der Waals surface area contributed by atoms with Crippen molar-refractivity contribution >= 4 is 15.7 Å². The van der Waals surface area contributed by atoms with Crippen LogP contribution in [0.3, 0.4) is 0 Å². The molecule has 1 saturated heterocycles. The Bertz CT molecular complexity index is 621. The lowest BCUT2D eigenvalue weighted by Crippen LogP contribution is -2.35. The van der Waals surface area contributed by atoms with Gasteiger partial charge in [-0.3, -0.25) is 4.79 Å². The number of likely N-dealkylation sites (N-methyl/N-ethyl adjacent to an activating group) is 1. The number of amides is 1. The molecule has 0 unspecified atom stereocenters. The lowest BCUT2D eigenvalue weighted by atomic mass is 10.1. The number of nitrogens with zero attached hydrogens (tertiary/aromatic N) is 2. The smallest absolute Gasteiger partial charge is 0.289 e. The summed E-state index contributed by atoms with van der Waals surface area (Å²) in [7, 11) is 0.850. The van der Waals surface area contributed by atoms with Crippen LogP contribution in [-0.4, -0.2) is 63.6 Å². The Hall–Kier alpha value is -1.34. The van der Waals surface area contributed by atoms with Crippen molar-refractivity contribution in [2.45, 2.75) is 18.7 Å². The Morgan fingerprint density at radius 1 is 1.38 bits per heavy atom. The van der Waals surface area contributed by atoms with Crippen LogP contribution < -0.4 is 0 Å². The standard InChI is InChI=1S/C14H22N2O4S/c1-10-7-16(8-12(10)15(2)3)14(17)13-6-5-11(20-13)9-21(4,18)19/h5-6,10,12H,7-9H2,1-4H3/t10-,12-/m0/s1. The van der Waals surface area contributed by atoms with Crippen molar-refractivity contribution in [1.29, 1.82) is 0 Å². The van der Waals surface area contributed by atoms with Crippen molar-refractivity contribution in [3.63, 3.8) is 0 Å². The highest BCUT2D eigenvalue weighted by Crippen LogP contribution is 2.22. The van der Waals surface area contributed by atoms with E-state index in [0.717, 1.165) is 6.26 Å². The van der Waals surface area contributed by atoms with Crippen molar-refractivity contribution in [3.05, 3.63) is 23.7 Å². The first-order chi connectivity index (χ1) is 9.67. The van der Waals surface area contributed by atoms with Gasteiger partial charge in [0.25, 0.3) is 5.91 Å². The molecule has 2 rings (SSSR count). The molecule has 118 valence electrons. The summed E-state index contributed by atoms with van der Waals surface area (Å²) in [4.78, 5) is 16.3. The van der Waals surface area contributed by atoms with Gasteiger partial charge in [0.05, 0.1) is 0 Å². The predicted molar refractivity (Wildman–Crippen MR) is 79.8 cm³/mol. The van der Waals surface area contributed by atoms with Gasteiger partial charge in [0, 0.05) is 25.4 Å². The van der Waals surface area contributed by atoms with Gasteiger partial charge in [0.1, 0.15) is 11.5 Å². The van der Waals surface area contributed by atoms with E-state index in [2.05, 4.69) is 11.8 Å². The zero-order chi connectivity index (χ0) is 15.8. The number of carbonyl (C=O) groups is 1. The number of furan rings is 1. The zero-order valence-electron chi connectivity index (χ0n) is 12.9. The summed E-state index contributed by atoms with van der Waals surface area (Å²) in [6.45, 7) is 3.47. The fourth-order valence-electron chi connectivity index (χ4n) is 2.77. The highest BCUT2D eigenvalue weighted by atomic mass is 32.2. The zero-order valence-corrected chi connectivity index (χ0v) is 13.7. The van der Waals surface area contributed by atoms with E-state index in [-0.39, 0.29) is 17.4 Å². The maximum absolute atomic E-state index is 12.4. The molecule has 1 fully saturated rings. The molecule has 1 aliphatic heterocycles. The highest BCUT2D eigenvalue weighted by molar-refractivity contribution is 7.89. The van der Waals surface area contributed by atoms with Crippen molar-refractivity contribution in [2.75, 3.05) is 33.4 Å². The van der Waals surface area contributed by atoms with Gasteiger partial charge in [-0.2, -0.15) is 0 Å². The molecule has 0 aliphatic carbocycles. The second kappa shape index (κ2) is 5.81. The van der Waals surface area contributed by atoms with Crippen LogP contribution in [0, 0.1) is 5.92 Å². The second-order valence-electron chi connectivity index (χ2n) is 6.05. The maximum Gasteiger partial charge on any atom is 0.289 e. The first-order valence-electron chi connectivity index (χ1n) is 6.89. The summed E-state index contributed by atoms with van der Waals surface area (Å²) in [6.07, 6.45) is 1.14. The Morgan fingerprint density at radius 3 is 2.57 bits per heavy atom. The summed E-state index contributed by atoms with van der Waals surface area (Å²) in [5.74, 6) is 0.551. The Kier molecular flexibility index (Phi) is 4.43. The van der Waals surface area contributed by atoms with Crippen molar-refractivity contribution < 1.29 is 17.6 Å². The number of hydrogen-bond acceptors (Lipinski definition) is 5. The molecule has 0 spiro atoms. The minimum absolute atomic E-state index is 0.175. The molecule has 2 heterocycles. The first-order valence-corrected chi connectivity index (χ1v) is 8.95. The molecule has 0 bridgehead atoms. The molecule has 0 saturated carbocycles. The van der Waals surface area contributed by atoms with Gasteiger partial charge >= 0.3 is 0 Å². The van der Waals surface area contributed by atoms with E-state index in [1.165, 1.54) is 0 Å². The van der Waals surface area contributed by atoms with Gasteiger partial charge in [-0.25, -0.2) is 8.42 Å². The summed E-state index contributed by atoms with van der Waals surface area (Å²) in [6, 6.07) is 3.44. The molecule has 2 atom stereocenters. The summed E-state index contributed by atoms with van der Waals surface area (Å²) >= 11 is 0. The molecule has 1 aromatic heterocycles. The van der Waals surface area contributed by atoms with E-state index in [1.807, 2.05) is 14.1 Å². The molecule has 21 heavy (non-hydrogen) atoms. The van der Waals surface area contributed by atoms with Crippen molar-refractivity contribution in [1.82, 2.24) is 9.80 Å². The SMILES string of the molecule is C[C@H]1CN(C(=O)c2ccc(CS(C)(=O)=O)o2)C[C@@H]1N(C)C. The normalized spacial score (nSPS) is 23.0. The number of hydrogen-bond donors (Lipinski definition) is 0. The van der Waals surface area contributed by atoms with Crippen LogP contribution in [-0.2, 0) is 15.6 Å². The molecular weight excluding hydrogens is 292 g/mol. The average molecular weight is 314 g/mol. The van der Waals surface area contributed by atoms with Crippen LogP contribution in [0.25, 0.3) is 0 Å². The van der Waals surface area contributed by atoms with Crippen LogP contribution in [0.1, 0.15) is 23.2 Å². The second-order valence-corrected chi connectivity index (χ2v) is 8.19. The molecule has 6 nitrogen and oxygen atoms in total. The van der Waals surface area contributed by atoms with E-state index in [0.29, 0.717) is 30.8 Å². The summed E-state index contributed by atoms with van der Waals surface area (Å²) < 4.78 is 27.9. The topological polar surface area (TPSA) is 70.8 Å². The van der Waals surface area contributed by atoms with Crippen LogP contribution in [0.5, 0.6) is 0 Å². The lowest BCUT2D eigenvalue weighted by molar-refractivity contribution is 0.0748. The van der Waals surface area contributed by atoms with Crippen molar-refractivity contribution in [2.24, 2.45) is 5.92 Å². The quantitative estimate of drug-likeness (QED) is 0.824. The van der Waals surface area contributed by atoms with Gasteiger partial charge in [0.15, 0.2) is 15.6 Å². The fraction of sp³-hybridized carbons (Fsp3) is 0.643. The lowest BCUT2D eigenvalue weighted by Gasteiger charge is -2.22. The first kappa shape index (κ1) is 16.0. The monoisotopic (exact) mass is 314 g/mol. The average Bonchev–Trinajstić information content (AvgIpc) is 2.93. The molecule has 1 amide bonds. The van der Waals surface area contributed by atoms with Crippen LogP contribution in [0.2, 0.25) is 0 Å². The minimum Gasteiger partial charge on any atom is -0.455 e. The van der Waals surface area contributed by atoms with Gasteiger partial charge in [-0.05, 0) is 32.1 Å². The van der Waals surface area contributed by atoms with E-state index >= 15 is 0 Å². The van der Waals surface area contributed by atoms with Gasteiger partial charge < -0.3 is 14.2 Å². The van der Waals surface area contributed by atoms with E-state index in [1.54, 1.807) is 17.0 Å². The molecule has 0 radical (unpaired) electrons. The minimum atomic E-state index is -3.16. The molecular formula is C14H22N2O4S. The van der Waals surface area contributed by atoms with Crippen LogP contribution in [0.15, 0.2) is 16.5 Å². The Morgan fingerprint density at radius 2 is 2.05 bits per heavy atom. The van der Waals surface area contributed by atoms with Crippen molar-refractivity contribution in [3.8, 4) is 0 Å².